The summed E-state index contributed by atoms with van der Waals surface area (Å²) in [6.07, 6.45) is 5.61. The van der Waals surface area contributed by atoms with Crippen molar-refractivity contribution in [2.45, 2.75) is 6.92 Å². The average Bonchev–Trinajstić information content (AvgIpc) is 2.66. The molecule has 7 nitrogen and oxygen atoms in total. The van der Waals surface area contributed by atoms with Crippen molar-refractivity contribution in [2.24, 2.45) is 4.99 Å². The monoisotopic (exact) mass is 347 g/mol. The van der Waals surface area contributed by atoms with Gasteiger partial charge in [-0.05, 0) is 36.8 Å². The second kappa shape index (κ2) is 7.52. The van der Waals surface area contributed by atoms with Crippen molar-refractivity contribution >= 4 is 18.3 Å². The molecular formula is C19H17N5O2. The summed E-state index contributed by atoms with van der Waals surface area (Å²) in [6, 6.07) is 8.78. The van der Waals surface area contributed by atoms with Gasteiger partial charge in [-0.2, -0.15) is 4.98 Å². The van der Waals surface area contributed by atoms with Crippen LogP contribution in [0.15, 0.2) is 47.7 Å². The van der Waals surface area contributed by atoms with Crippen molar-refractivity contribution in [1.82, 2.24) is 15.0 Å². The number of carbonyl (C=O) groups is 1. The molecule has 0 aliphatic heterocycles. The number of ether oxygens (including phenoxy) is 1. The molecule has 3 rings (SSSR count). The van der Waals surface area contributed by atoms with E-state index in [1.807, 2.05) is 6.92 Å². The maximum Gasteiger partial charge on any atom is 0.233 e. The van der Waals surface area contributed by atoms with Gasteiger partial charge in [0, 0.05) is 36.8 Å². The molecule has 130 valence electrons. The van der Waals surface area contributed by atoms with Crippen molar-refractivity contribution in [3.8, 4) is 23.0 Å². The number of anilines is 1. The van der Waals surface area contributed by atoms with Gasteiger partial charge in [0.25, 0.3) is 0 Å². The van der Waals surface area contributed by atoms with Gasteiger partial charge in [0.15, 0.2) is 5.82 Å². The number of nitrogens with zero attached hydrogens (tertiary/aromatic N) is 4. The molecule has 26 heavy (non-hydrogen) atoms. The normalized spacial score (nSPS) is 10.8. The maximum atomic E-state index is 11.2. The molecule has 0 unspecified atom stereocenters. The number of carbonyl (C=O) groups excluding carboxylic acids is 1. The quantitative estimate of drug-likeness (QED) is 0.562. The molecule has 0 aliphatic rings. The van der Waals surface area contributed by atoms with Gasteiger partial charge in [-0.15, -0.1) is 0 Å². The van der Waals surface area contributed by atoms with E-state index in [2.05, 4.69) is 19.9 Å². The minimum atomic E-state index is 0.245. The van der Waals surface area contributed by atoms with Gasteiger partial charge in [-0.1, -0.05) is 6.07 Å². The first-order chi connectivity index (χ1) is 12.6. The number of pyridine rings is 1. The van der Waals surface area contributed by atoms with Gasteiger partial charge in [0.1, 0.15) is 17.9 Å². The summed E-state index contributed by atoms with van der Waals surface area (Å²) in [5, 5.41) is 0. The van der Waals surface area contributed by atoms with E-state index in [4.69, 9.17) is 10.5 Å². The summed E-state index contributed by atoms with van der Waals surface area (Å²) in [4.78, 5) is 27.9. The molecular weight excluding hydrogens is 330 g/mol. The number of aldehydes is 1. The number of aryl methyl sites for hydroxylation is 1. The van der Waals surface area contributed by atoms with Gasteiger partial charge in [-0.25, -0.2) is 4.98 Å². The van der Waals surface area contributed by atoms with Gasteiger partial charge in [0.05, 0.1) is 5.56 Å². The first-order valence-electron chi connectivity index (χ1n) is 7.86. The lowest BCUT2D eigenvalue weighted by Crippen LogP contribution is -2.05. The Morgan fingerprint density at radius 3 is 2.62 bits per heavy atom. The molecule has 0 atom stereocenters. The fourth-order valence-electron chi connectivity index (χ4n) is 2.34. The van der Waals surface area contributed by atoms with Crippen molar-refractivity contribution in [3.63, 3.8) is 0 Å². The van der Waals surface area contributed by atoms with Crippen LogP contribution in [-0.2, 0) is 0 Å². The minimum Gasteiger partial charge on any atom is -0.438 e. The van der Waals surface area contributed by atoms with E-state index in [0.29, 0.717) is 22.7 Å². The summed E-state index contributed by atoms with van der Waals surface area (Å²) in [7, 11) is 1.62. The fraction of sp³-hybridized carbons (Fsp3) is 0.105. The standard InChI is InChI=1S/C19H17N5O2/c1-12-3-4-15(9-14(12)11-25)26-19-16(10-21-2)17(20)23-18(24-19)13-5-7-22-8-6-13/h3-11H,1-2H3,(H2,20,23,24). The topological polar surface area (TPSA) is 103 Å². The molecule has 0 saturated carbocycles. The van der Waals surface area contributed by atoms with Crippen molar-refractivity contribution in [3.05, 3.63) is 59.4 Å². The predicted octanol–water partition coefficient (Wildman–Crippen LogP) is 3.08. The fourth-order valence-corrected chi connectivity index (χ4v) is 2.34. The number of aliphatic imine (C=N–C) groups is 1. The smallest absolute Gasteiger partial charge is 0.233 e. The van der Waals surface area contributed by atoms with E-state index in [0.717, 1.165) is 17.4 Å². The van der Waals surface area contributed by atoms with Crippen molar-refractivity contribution in [2.75, 3.05) is 12.8 Å². The highest BCUT2D eigenvalue weighted by Gasteiger charge is 2.15. The molecule has 0 spiro atoms. The third-order valence-electron chi connectivity index (χ3n) is 3.73. The Hall–Kier alpha value is -3.61. The largest absolute Gasteiger partial charge is 0.438 e. The van der Waals surface area contributed by atoms with Crippen LogP contribution in [-0.4, -0.2) is 34.5 Å². The highest BCUT2D eigenvalue weighted by molar-refractivity contribution is 5.89. The van der Waals surface area contributed by atoms with Gasteiger partial charge in [0.2, 0.25) is 5.88 Å². The number of hydrogen-bond acceptors (Lipinski definition) is 7. The predicted molar refractivity (Wildman–Crippen MR) is 99.8 cm³/mol. The Labute approximate surface area is 150 Å². The highest BCUT2D eigenvalue weighted by atomic mass is 16.5. The first kappa shape index (κ1) is 17.2. The van der Waals surface area contributed by atoms with Crippen LogP contribution in [0.3, 0.4) is 0 Å². The van der Waals surface area contributed by atoms with Crippen LogP contribution in [0.5, 0.6) is 11.6 Å². The molecule has 0 saturated heterocycles. The Balaban J connectivity index is 2.09. The van der Waals surface area contributed by atoms with Crippen LogP contribution < -0.4 is 10.5 Å². The molecule has 3 aromatic rings. The molecule has 7 heteroatoms. The second-order valence-electron chi connectivity index (χ2n) is 5.51. The molecule has 0 amide bonds. The van der Waals surface area contributed by atoms with Crippen LogP contribution in [0.4, 0.5) is 5.82 Å². The number of nitrogen functional groups attached to an aromatic ring is 1. The summed E-state index contributed by atoms with van der Waals surface area (Å²) >= 11 is 0. The molecule has 0 fully saturated rings. The number of nitrogens with two attached hydrogens (primary N) is 1. The lowest BCUT2D eigenvalue weighted by Gasteiger charge is -2.12. The molecule has 2 heterocycles. The molecule has 2 N–H and O–H groups in total. The molecule has 2 aromatic heterocycles. The third kappa shape index (κ3) is 3.56. The third-order valence-corrected chi connectivity index (χ3v) is 3.73. The van der Waals surface area contributed by atoms with Crippen LogP contribution in [0.1, 0.15) is 21.5 Å². The molecule has 0 bridgehead atoms. The summed E-state index contributed by atoms with van der Waals surface area (Å²) in [5.74, 6) is 1.39. The molecule has 0 radical (unpaired) electrons. The zero-order valence-corrected chi connectivity index (χ0v) is 14.4. The number of benzene rings is 1. The highest BCUT2D eigenvalue weighted by Crippen LogP contribution is 2.29. The number of aromatic nitrogens is 3. The first-order valence-corrected chi connectivity index (χ1v) is 7.86. The Morgan fingerprint density at radius 1 is 1.15 bits per heavy atom. The Kier molecular flexibility index (Phi) is 4.98. The van der Waals surface area contributed by atoms with E-state index >= 15 is 0 Å². The van der Waals surface area contributed by atoms with Crippen molar-refractivity contribution in [1.29, 1.82) is 0 Å². The lowest BCUT2D eigenvalue weighted by molar-refractivity contribution is 0.112. The number of rotatable bonds is 5. The summed E-state index contributed by atoms with van der Waals surface area (Å²) < 4.78 is 5.91. The average molecular weight is 347 g/mol. The molecule has 1 aromatic carbocycles. The van der Waals surface area contributed by atoms with Crippen LogP contribution in [0, 0.1) is 6.92 Å². The second-order valence-corrected chi connectivity index (χ2v) is 5.51. The Morgan fingerprint density at radius 2 is 1.92 bits per heavy atom. The minimum absolute atomic E-state index is 0.245. The van der Waals surface area contributed by atoms with E-state index in [-0.39, 0.29) is 11.7 Å². The summed E-state index contributed by atoms with van der Waals surface area (Å²) in [6.45, 7) is 1.85. The lowest BCUT2D eigenvalue weighted by atomic mass is 10.1. The summed E-state index contributed by atoms with van der Waals surface area (Å²) in [5.41, 5.74) is 8.72. The van der Waals surface area contributed by atoms with Gasteiger partial charge < -0.3 is 10.5 Å². The van der Waals surface area contributed by atoms with Crippen LogP contribution >= 0.6 is 0 Å². The van der Waals surface area contributed by atoms with Gasteiger partial charge >= 0.3 is 0 Å². The Bertz CT molecular complexity index is 971. The van der Waals surface area contributed by atoms with Crippen LogP contribution in [0.25, 0.3) is 11.4 Å². The zero-order chi connectivity index (χ0) is 18.5. The molecule has 0 aliphatic carbocycles. The maximum absolute atomic E-state index is 11.2. The van der Waals surface area contributed by atoms with E-state index in [1.54, 1.807) is 49.8 Å². The van der Waals surface area contributed by atoms with Crippen molar-refractivity contribution < 1.29 is 9.53 Å². The SMILES string of the molecule is CN=Cc1c(N)nc(-c2ccncc2)nc1Oc1ccc(C)c(C=O)c1. The van der Waals surface area contributed by atoms with Crippen LogP contribution in [0.2, 0.25) is 0 Å². The van der Waals surface area contributed by atoms with E-state index in [9.17, 15) is 4.79 Å². The van der Waals surface area contributed by atoms with E-state index in [1.165, 1.54) is 6.21 Å². The zero-order valence-electron chi connectivity index (χ0n) is 14.4. The number of hydrogen-bond donors (Lipinski definition) is 1. The van der Waals surface area contributed by atoms with E-state index < -0.39 is 0 Å². The van der Waals surface area contributed by atoms with Gasteiger partial charge in [-0.3, -0.25) is 14.8 Å².